The summed E-state index contributed by atoms with van der Waals surface area (Å²) in [6.07, 6.45) is 3.54. The number of ether oxygens (including phenoxy) is 2. The SMILES string of the molecule is COc1cc2ccc3c(-c4ccncc4)n[nH]c3c2cc1OC. The molecule has 0 unspecified atom stereocenters. The van der Waals surface area contributed by atoms with Crippen LogP contribution in [0.1, 0.15) is 0 Å². The van der Waals surface area contributed by atoms with Gasteiger partial charge < -0.3 is 9.47 Å². The zero-order valence-electron chi connectivity index (χ0n) is 12.8. The standard InChI is InChI=1S/C18H15N3O2/c1-22-15-9-12-3-4-13-17(11-5-7-19-8-6-11)20-21-18(13)14(12)10-16(15)23-2/h3-10H,1-2H3,(H,20,21). The van der Waals surface area contributed by atoms with Gasteiger partial charge in [0, 0.05) is 28.7 Å². The van der Waals surface area contributed by atoms with Crippen molar-refractivity contribution >= 4 is 21.7 Å². The topological polar surface area (TPSA) is 60.0 Å². The van der Waals surface area contributed by atoms with Crippen molar-refractivity contribution in [2.75, 3.05) is 14.2 Å². The number of methoxy groups -OCH3 is 2. The third kappa shape index (κ3) is 2.09. The first-order valence-electron chi connectivity index (χ1n) is 7.25. The number of nitrogens with zero attached hydrogens (tertiary/aromatic N) is 2. The lowest BCUT2D eigenvalue weighted by atomic mass is 10.0. The van der Waals surface area contributed by atoms with Gasteiger partial charge in [-0.25, -0.2) is 0 Å². The number of nitrogens with one attached hydrogen (secondary N) is 1. The molecule has 2 aromatic carbocycles. The molecule has 4 rings (SSSR count). The van der Waals surface area contributed by atoms with E-state index < -0.39 is 0 Å². The summed E-state index contributed by atoms with van der Waals surface area (Å²) >= 11 is 0. The molecule has 0 saturated heterocycles. The monoisotopic (exact) mass is 305 g/mol. The van der Waals surface area contributed by atoms with Gasteiger partial charge in [-0.15, -0.1) is 0 Å². The highest BCUT2D eigenvalue weighted by Gasteiger charge is 2.13. The van der Waals surface area contributed by atoms with Crippen LogP contribution in [0.15, 0.2) is 48.8 Å². The summed E-state index contributed by atoms with van der Waals surface area (Å²) in [6.45, 7) is 0. The minimum atomic E-state index is 0.701. The molecule has 1 N–H and O–H groups in total. The predicted octanol–water partition coefficient (Wildman–Crippen LogP) is 3.80. The largest absolute Gasteiger partial charge is 0.493 e. The number of H-pyrrole nitrogens is 1. The highest BCUT2D eigenvalue weighted by atomic mass is 16.5. The first-order chi connectivity index (χ1) is 11.3. The average Bonchev–Trinajstić information content (AvgIpc) is 3.05. The van der Waals surface area contributed by atoms with Crippen LogP contribution >= 0.6 is 0 Å². The summed E-state index contributed by atoms with van der Waals surface area (Å²) < 4.78 is 10.8. The Kier molecular flexibility index (Phi) is 3.12. The summed E-state index contributed by atoms with van der Waals surface area (Å²) in [4.78, 5) is 4.06. The lowest BCUT2D eigenvalue weighted by Gasteiger charge is -2.09. The van der Waals surface area contributed by atoms with E-state index in [1.807, 2.05) is 24.3 Å². The molecule has 0 saturated carbocycles. The Labute approximate surface area is 132 Å². The van der Waals surface area contributed by atoms with Crippen LogP contribution in [0.4, 0.5) is 0 Å². The van der Waals surface area contributed by atoms with Crippen molar-refractivity contribution in [1.29, 1.82) is 0 Å². The molecule has 0 radical (unpaired) electrons. The normalized spacial score (nSPS) is 11.0. The second kappa shape index (κ2) is 5.28. The van der Waals surface area contributed by atoms with Crippen LogP contribution in [0.5, 0.6) is 11.5 Å². The van der Waals surface area contributed by atoms with Gasteiger partial charge in [0.05, 0.1) is 19.7 Å². The quantitative estimate of drug-likeness (QED) is 0.625. The van der Waals surface area contributed by atoms with Crippen LogP contribution in [0.2, 0.25) is 0 Å². The smallest absolute Gasteiger partial charge is 0.161 e. The van der Waals surface area contributed by atoms with Crippen LogP contribution in [-0.2, 0) is 0 Å². The molecule has 2 heterocycles. The number of fused-ring (bicyclic) bond motifs is 3. The van der Waals surface area contributed by atoms with Crippen molar-refractivity contribution in [2.45, 2.75) is 0 Å². The number of rotatable bonds is 3. The van der Waals surface area contributed by atoms with E-state index in [0.717, 1.165) is 32.9 Å². The molecule has 5 heteroatoms. The predicted molar refractivity (Wildman–Crippen MR) is 89.9 cm³/mol. The van der Waals surface area contributed by atoms with E-state index in [-0.39, 0.29) is 0 Å². The first-order valence-corrected chi connectivity index (χ1v) is 7.25. The van der Waals surface area contributed by atoms with E-state index in [9.17, 15) is 0 Å². The van der Waals surface area contributed by atoms with E-state index in [0.29, 0.717) is 11.5 Å². The van der Waals surface area contributed by atoms with Crippen molar-refractivity contribution in [1.82, 2.24) is 15.2 Å². The van der Waals surface area contributed by atoms with Crippen molar-refractivity contribution in [3.05, 3.63) is 48.8 Å². The zero-order valence-corrected chi connectivity index (χ0v) is 12.8. The maximum atomic E-state index is 5.42. The molecule has 0 bridgehead atoms. The Balaban J connectivity index is 2.01. The summed E-state index contributed by atoms with van der Waals surface area (Å²) in [5, 5.41) is 10.8. The molecule has 0 fully saturated rings. The van der Waals surface area contributed by atoms with Crippen LogP contribution in [-0.4, -0.2) is 29.4 Å². The summed E-state index contributed by atoms with van der Waals surface area (Å²) in [6, 6.07) is 12.0. The van der Waals surface area contributed by atoms with E-state index >= 15 is 0 Å². The van der Waals surface area contributed by atoms with Crippen LogP contribution in [0.3, 0.4) is 0 Å². The molecule has 0 amide bonds. The molecule has 0 aliphatic heterocycles. The van der Waals surface area contributed by atoms with Crippen LogP contribution < -0.4 is 9.47 Å². The Morgan fingerprint density at radius 1 is 0.870 bits per heavy atom. The molecule has 0 spiro atoms. The van der Waals surface area contributed by atoms with Crippen LogP contribution in [0, 0.1) is 0 Å². The summed E-state index contributed by atoms with van der Waals surface area (Å²) in [5.74, 6) is 1.42. The fraction of sp³-hybridized carbons (Fsp3) is 0.111. The van der Waals surface area contributed by atoms with Gasteiger partial charge in [0.15, 0.2) is 11.5 Å². The Bertz CT molecular complexity index is 993. The maximum absolute atomic E-state index is 5.42. The average molecular weight is 305 g/mol. The highest BCUT2D eigenvalue weighted by molar-refractivity contribution is 6.10. The van der Waals surface area contributed by atoms with E-state index in [1.165, 1.54) is 0 Å². The molecule has 0 aliphatic carbocycles. The number of pyridine rings is 1. The molecular weight excluding hydrogens is 290 g/mol. The molecule has 0 atom stereocenters. The maximum Gasteiger partial charge on any atom is 0.161 e. The molecule has 4 aromatic rings. The fourth-order valence-electron chi connectivity index (χ4n) is 2.87. The van der Waals surface area contributed by atoms with Crippen molar-refractivity contribution < 1.29 is 9.47 Å². The van der Waals surface area contributed by atoms with Gasteiger partial charge in [-0.1, -0.05) is 6.07 Å². The number of benzene rings is 2. The third-order valence-electron chi connectivity index (χ3n) is 4.01. The first kappa shape index (κ1) is 13.6. The minimum Gasteiger partial charge on any atom is -0.493 e. The van der Waals surface area contributed by atoms with Gasteiger partial charge in [0.25, 0.3) is 0 Å². The van der Waals surface area contributed by atoms with Gasteiger partial charge in [-0.2, -0.15) is 5.10 Å². The van der Waals surface area contributed by atoms with Gasteiger partial charge in [0.2, 0.25) is 0 Å². The lowest BCUT2D eigenvalue weighted by Crippen LogP contribution is -1.90. The lowest BCUT2D eigenvalue weighted by molar-refractivity contribution is 0.356. The number of aromatic nitrogens is 3. The fourth-order valence-corrected chi connectivity index (χ4v) is 2.87. The number of aromatic amines is 1. The van der Waals surface area contributed by atoms with E-state index in [2.05, 4.69) is 27.3 Å². The minimum absolute atomic E-state index is 0.701. The Hall–Kier alpha value is -3.08. The molecule has 5 nitrogen and oxygen atoms in total. The highest BCUT2D eigenvalue weighted by Crippen LogP contribution is 2.37. The molecule has 23 heavy (non-hydrogen) atoms. The third-order valence-corrected chi connectivity index (χ3v) is 4.01. The summed E-state index contributed by atoms with van der Waals surface area (Å²) in [7, 11) is 3.28. The van der Waals surface area contributed by atoms with Crippen molar-refractivity contribution in [3.63, 3.8) is 0 Å². The van der Waals surface area contributed by atoms with Gasteiger partial charge in [-0.3, -0.25) is 10.1 Å². The van der Waals surface area contributed by atoms with E-state index in [4.69, 9.17) is 9.47 Å². The van der Waals surface area contributed by atoms with Gasteiger partial charge in [0.1, 0.15) is 5.69 Å². The molecule has 114 valence electrons. The second-order valence-electron chi connectivity index (χ2n) is 5.22. The zero-order chi connectivity index (χ0) is 15.8. The van der Waals surface area contributed by atoms with Gasteiger partial charge in [-0.05, 0) is 35.7 Å². The number of hydrogen-bond acceptors (Lipinski definition) is 4. The van der Waals surface area contributed by atoms with E-state index in [1.54, 1.807) is 26.6 Å². The molecular formula is C18H15N3O2. The number of hydrogen-bond donors (Lipinski definition) is 1. The Morgan fingerprint density at radius 3 is 2.35 bits per heavy atom. The Morgan fingerprint density at radius 2 is 1.61 bits per heavy atom. The van der Waals surface area contributed by atoms with Crippen LogP contribution in [0.25, 0.3) is 32.9 Å². The second-order valence-corrected chi connectivity index (χ2v) is 5.22. The molecule has 0 aliphatic rings. The van der Waals surface area contributed by atoms with Crippen molar-refractivity contribution in [3.8, 4) is 22.8 Å². The molecule has 2 aromatic heterocycles. The van der Waals surface area contributed by atoms with Gasteiger partial charge >= 0.3 is 0 Å². The van der Waals surface area contributed by atoms with Crippen molar-refractivity contribution in [2.24, 2.45) is 0 Å². The summed E-state index contributed by atoms with van der Waals surface area (Å²) in [5.41, 5.74) is 2.93.